The lowest BCUT2D eigenvalue weighted by Crippen LogP contribution is -2.17. The first-order valence-electron chi connectivity index (χ1n) is 6.95. The van der Waals surface area contributed by atoms with Crippen molar-refractivity contribution in [3.63, 3.8) is 0 Å². The maximum Gasteiger partial charge on any atom is 0.142 e. The van der Waals surface area contributed by atoms with Crippen LogP contribution in [-0.2, 0) is 18.5 Å². The monoisotopic (exact) mass is 279 g/mol. The standard InChI is InChI=1S/C16H17N5/c1-16(2,3)15-18-8-11-9-21(10-13(11)20-15)14-6-4-5-12(7-17)19-14/h4-6,8H,9-10H2,1-3H3. The van der Waals surface area contributed by atoms with Gasteiger partial charge in [-0.2, -0.15) is 5.26 Å². The molecular formula is C16H17N5. The Morgan fingerprint density at radius 1 is 1.19 bits per heavy atom. The molecule has 0 saturated carbocycles. The lowest BCUT2D eigenvalue weighted by Gasteiger charge is -2.16. The van der Waals surface area contributed by atoms with Crippen LogP contribution in [0.1, 0.15) is 43.5 Å². The number of hydrogen-bond donors (Lipinski definition) is 0. The molecule has 0 fully saturated rings. The first kappa shape index (κ1) is 13.5. The predicted octanol–water partition coefficient (Wildman–Crippen LogP) is 2.56. The fourth-order valence-electron chi connectivity index (χ4n) is 2.34. The first-order chi connectivity index (χ1) is 9.97. The summed E-state index contributed by atoms with van der Waals surface area (Å²) in [5, 5.41) is 8.95. The Kier molecular flexibility index (Phi) is 3.09. The van der Waals surface area contributed by atoms with Gasteiger partial charge in [-0.15, -0.1) is 0 Å². The molecular weight excluding hydrogens is 262 g/mol. The summed E-state index contributed by atoms with van der Waals surface area (Å²) in [7, 11) is 0. The van der Waals surface area contributed by atoms with E-state index in [2.05, 4.69) is 41.7 Å². The van der Waals surface area contributed by atoms with E-state index < -0.39 is 0 Å². The van der Waals surface area contributed by atoms with E-state index in [9.17, 15) is 0 Å². The molecule has 0 bridgehead atoms. The molecule has 1 aliphatic rings. The molecule has 0 N–H and O–H groups in total. The highest BCUT2D eigenvalue weighted by Crippen LogP contribution is 2.27. The highest BCUT2D eigenvalue weighted by Gasteiger charge is 2.25. The predicted molar refractivity (Wildman–Crippen MR) is 79.6 cm³/mol. The van der Waals surface area contributed by atoms with E-state index in [0.29, 0.717) is 12.2 Å². The number of pyridine rings is 1. The Balaban J connectivity index is 1.89. The SMILES string of the molecule is CC(C)(C)c1ncc2c(n1)CN(c1cccc(C#N)n1)C2. The van der Waals surface area contributed by atoms with Crippen molar-refractivity contribution in [2.75, 3.05) is 4.90 Å². The van der Waals surface area contributed by atoms with Crippen molar-refractivity contribution in [3.05, 3.63) is 47.2 Å². The van der Waals surface area contributed by atoms with Crippen molar-refractivity contribution in [1.29, 1.82) is 5.26 Å². The van der Waals surface area contributed by atoms with Gasteiger partial charge in [-0.3, -0.25) is 0 Å². The zero-order chi connectivity index (χ0) is 15.0. The summed E-state index contributed by atoms with van der Waals surface area (Å²) in [5.74, 6) is 1.67. The Morgan fingerprint density at radius 3 is 2.71 bits per heavy atom. The van der Waals surface area contributed by atoms with Crippen LogP contribution < -0.4 is 4.90 Å². The van der Waals surface area contributed by atoms with Gasteiger partial charge in [-0.25, -0.2) is 15.0 Å². The van der Waals surface area contributed by atoms with Crippen LogP contribution in [-0.4, -0.2) is 15.0 Å². The van der Waals surface area contributed by atoms with Gasteiger partial charge < -0.3 is 4.90 Å². The van der Waals surface area contributed by atoms with Crippen molar-refractivity contribution in [2.45, 2.75) is 39.3 Å². The normalized spacial score (nSPS) is 13.9. The number of rotatable bonds is 1. The molecule has 0 saturated heterocycles. The average Bonchev–Trinajstić information content (AvgIpc) is 2.89. The van der Waals surface area contributed by atoms with Gasteiger partial charge in [0.2, 0.25) is 0 Å². The number of nitriles is 1. The number of hydrogen-bond acceptors (Lipinski definition) is 5. The van der Waals surface area contributed by atoms with E-state index in [1.54, 1.807) is 6.07 Å². The van der Waals surface area contributed by atoms with Crippen molar-refractivity contribution in [3.8, 4) is 6.07 Å². The molecule has 1 aliphatic heterocycles. The fourth-order valence-corrected chi connectivity index (χ4v) is 2.34. The molecule has 3 rings (SSSR count). The molecule has 0 radical (unpaired) electrons. The van der Waals surface area contributed by atoms with Gasteiger partial charge in [0.05, 0.1) is 12.2 Å². The molecule has 0 amide bonds. The second-order valence-electron chi connectivity index (χ2n) is 6.26. The van der Waals surface area contributed by atoms with Gasteiger partial charge in [-0.05, 0) is 12.1 Å². The second-order valence-corrected chi connectivity index (χ2v) is 6.26. The van der Waals surface area contributed by atoms with Crippen LogP contribution in [0.15, 0.2) is 24.4 Å². The molecule has 5 nitrogen and oxygen atoms in total. The lowest BCUT2D eigenvalue weighted by atomic mass is 9.95. The zero-order valence-electron chi connectivity index (χ0n) is 12.5. The highest BCUT2D eigenvalue weighted by molar-refractivity contribution is 5.46. The molecule has 2 aromatic heterocycles. The van der Waals surface area contributed by atoms with Gasteiger partial charge in [0.1, 0.15) is 23.4 Å². The van der Waals surface area contributed by atoms with E-state index in [0.717, 1.165) is 29.4 Å². The zero-order valence-corrected chi connectivity index (χ0v) is 12.5. The maximum absolute atomic E-state index is 8.95. The van der Waals surface area contributed by atoms with Crippen molar-refractivity contribution in [1.82, 2.24) is 15.0 Å². The molecule has 2 aromatic rings. The van der Waals surface area contributed by atoms with Gasteiger partial charge >= 0.3 is 0 Å². The van der Waals surface area contributed by atoms with E-state index in [4.69, 9.17) is 10.2 Å². The third-order valence-electron chi connectivity index (χ3n) is 3.50. The summed E-state index contributed by atoms with van der Waals surface area (Å²) in [6.07, 6.45) is 1.91. The fraction of sp³-hybridized carbons (Fsp3) is 0.375. The number of anilines is 1. The Morgan fingerprint density at radius 2 is 2.00 bits per heavy atom. The van der Waals surface area contributed by atoms with Crippen molar-refractivity contribution >= 4 is 5.82 Å². The molecule has 3 heterocycles. The molecule has 106 valence electrons. The van der Waals surface area contributed by atoms with Gasteiger partial charge in [0, 0.05) is 23.7 Å². The van der Waals surface area contributed by atoms with Gasteiger partial charge in [0.15, 0.2) is 0 Å². The van der Waals surface area contributed by atoms with Crippen molar-refractivity contribution in [2.24, 2.45) is 0 Å². The minimum absolute atomic E-state index is 0.0541. The summed E-state index contributed by atoms with van der Waals surface area (Å²) in [6, 6.07) is 7.57. The molecule has 0 aliphatic carbocycles. The first-order valence-corrected chi connectivity index (χ1v) is 6.95. The molecule has 0 spiro atoms. The summed E-state index contributed by atoms with van der Waals surface area (Å²) < 4.78 is 0. The maximum atomic E-state index is 8.95. The van der Waals surface area contributed by atoms with Crippen LogP contribution in [0.3, 0.4) is 0 Å². The van der Waals surface area contributed by atoms with E-state index in [1.165, 1.54) is 0 Å². The molecule has 0 aromatic carbocycles. The molecule has 21 heavy (non-hydrogen) atoms. The summed E-state index contributed by atoms with van der Waals surface area (Å²) in [4.78, 5) is 15.6. The largest absolute Gasteiger partial charge is 0.346 e. The van der Waals surface area contributed by atoms with Crippen LogP contribution in [0.2, 0.25) is 0 Å². The minimum atomic E-state index is -0.0541. The molecule has 5 heteroatoms. The van der Waals surface area contributed by atoms with E-state index >= 15 is 0 Å². The smallest absolute Gasteiger partial charge is 0.142 e. The summed E-state index contributed by atoms with van der Waals surface area (Å²) in [6.45, 7) is 7.78. The van der Waals surface area contributed by atoms with Gasteiger partial charge in [-0.1, -0.05) is 26.8 Å². The quantitative estimate of drug-likeness (QED) is 0.802. The van der Waals surface area contributed by atoms with Crippen molar-refractivity contribution < 1.29 is 0 Å². The summed E-state index contributed by atoms with van der Waals surface area (Å²) in [5.41, 5.74) is 2.57. The van der Waals surface area contributed by atoms with Crippen LogP contribution in [0.25, 0.3) is 0 Å². The van der Waals surface area contributed by atoms with E-state index in [-0.39, 0.29) is 5.41 Å². The average molecular weight is 279 g/mol. The number of aromatic nitrogens is 3. The minimum Gasteiger partial charge on any atom is -0.346 e. The Bertz CT molecular complexity index is 724. The molecule has 0 atom stereocenters. The van der Waals surface area contributed by atoms with Crippen LogP contribution in [0.5, 0.6) is 0 Å². The third-order valence-corrected chi connectivity index (χ3v) is 3.50. The highest BCUT2D eigenvalue weighted by atomic mass is 15.2. The number of fused-ring (bicyclic) bond motifs is 1. The van der Waals surface area contributed by atoms with Crippen LogP contribution in [0, 0.1) is 11.3 Å². The van der Waals surface area contributed by atoms with Crippen LogP contribution in [0.4, 0.5) is 5.82 Å². The van der Waals surface area contributed by atoms with Gasteiger partial charge in [0.25, 0.3) is 0 Å². The van der Waals surface area contributed by atoms with E-state index in [1.807, 2.05) is 18.3 Å². The Labute approximate surface area is 124 Å². The Hall–Kier alpha value is -2.48. The third kappa shape index (κ3) is 2.57. The van der Waals surface area contributed by atoms with Crippen LogP contribution >= 0.6 is 0 Å². The number of nitrogens with zero attached hydrogens (tertiary/aromatic N) is 5. The summed E-state index contributed by atoms with van der Waals surface area (Å²) >= 11 is 0. The lowest BCUT2D eigenvalue weighted by molar-refractivity contribution is 0.541. The second kappa shape index (κ2) is 4.81. The molecule has 0 unspecified atom stereocenters. The topological polar surface area (TPSA) is 65.7 Å².